The summed E-state index contributed by atoms with van der Waals surface area (Å²) in [5, 5.41) is 0. The maximum absolute atomic E-state index is 5.77. The van der Waals surface area contributed by atoms with Gasteiger partial charge >= 0.3 is 0 Å². The summed E-state index contributed by atoms with van der Waals surface area (Å²) in [6.07, 6.45) is 1.59. The molecule has 0 bridgehead atoms. The van der Waals surface area contributed by atoms with E-state index in [0.717, 1.165) is 11.3 Å². The summed E-state index contributed by atoms with van der Waals surface area (Å²) >= 11 is 0. The molecule has 0 fully saturated rings. The first-order chi connectivity index (χ1) is 9.40. The Labute approximate surface area is 119 Å². The highest BCUT2D eigenvalue weighted by molar-refractivity contribution is 5.41. The van der Waals surface area contributed by atoms with Gasteiger partial charge in [-0.05, 0) is 29.5 Å². The maximum atomic E-state index is 5.77. The van der Waals surface area contributed by atoms with Crippen molar-refractivity contribution >= 4 is 5.95 Å². The topological polar surface area (TPSA) is 73.1 Å². The lowest BCUT2D eigenvalue weighted by atomic mass is 9.86. The van der Waals surface area contributed by atoms with Gasteiger partial charge in [-0.3, -0.25) is 5.43 Å². The number of nitrogens with one attached hydrogen (secondary N) is 1. The number of nitrogens with two attached hydrogens (primary N) is 1. The Bertz CT molecular complexity index is 605. The number of aryl methyl sites for hydroxylation is 1. The summed E-state index contributed by atoms with van der Waals surface area (Å²) in [7, 11) is 0. The molecule has 0 aliphatic heterocycles. The number of hydrogen-bond donors (Lipinski definition) is 2. The van der Waals surface area contributed by atoms with Crippen LogP contribution in [0.2, 0.25) is 0 Å². The van der Waals surface area contributed by atoms with Gasteiger partial charge in [-0.15, -0.1) is 0 Å². The summed E-state index contributed by atoms with van der Waals surface area (Å²) in [4.78, 5) is 8.07. The smallest absolute Gasteiger partial charge is 0.240 e. The highest BCUT2D eigenvalue weighted by Crippen LogP contribution is 2.29. The lowest BCUT2D eigenvalue weighted by Gasteiger charge is -2.20. The van der Waals surface area contributed by atoms with Gasteiger partial charge in [-0.1, -0.05) is 32.9 Å². The van der Waals surface area contributed by atoms with Crippen LogP contribution in [-0.2, 0) is 5.41 Å². The predicted molar refractivity (Wildman–Crippen MR) is 79.8 cm³/mol. The SMILES string of the molecule is Cc1cc(C(C)(C)C)ccc1Oc1ccnc(NN)n1. The van der Waals surface area contributed by atoms with E-state index in [1.165, 1.54) is 5.56 Å². The molecule has 106 valence electrons. The fourth-order valence-electron chi connectivity index (χ4n) is 1.81. The Morgan fingerprint density at radius 2 is 1.95 bits per heavy atom. The third kappa shape index (κ3) is 3.24. The number of nitrogens with zero attached hydrogens (tertiary/aromatic N) is 2. The zero-order chi connectivity index (χ0) is 14.8. The number of hydrogen-bond acceptors (Lipinski definition) is 5. The van der Waals surface area contributed by atoms with Gasteiger partial charge in [-0.2, -0.15) is 4.98 Å². The first kappa shape index (κ1) is 14.3. The Morgan fingerprint density at radius 3 is 2.55 bits per heavy atom. The molecular weight excluding hydrogens is 252 g/mol. The zero-order valence-electron chi connectivity index (χ0n) is 12.3. The molecule has 20 heavy (non-hydrogen) atoms. The average Bonchev–Trinajstić information content (AvgIpc) is 2.40. The minimum Gasteiger partial charge on any atom is -0.439 e. The van der Waals surface area contributed by atoms with Crippen LogP contribution in [0.25, 0.3) is 0 Å². The molecule has 0 saturated carbocycles. The number of benzene rings is 1. The Kier molecular flexibility index (Phi) is 3.90. The van der Waals surface area contributed by atoms with Gasteiger partial charge in [0.2, 0.25) is 11.8 Å². The van der Waals surface area contributed by atoms with Crippen molar-refractivity contribution in [3.8, 4) is 11.6 Å². The zero-order valence-corrected chi connectivity index (χ0v) is 12.3. The van der Waals surface area contributed by atoms with Crippen molar-refractivity contribution in [1.29, 1.82) is 0 Å². The van der Waals surface area contributed by atoms with E-state index in [1.54, 1.807) is 12.3 Å². The molecule has 1 aromatic carbocycles. The Hall–Kier alpha value is -2.14. The minimum absolute atomic E-state index is 0.120. The number of hydrazine groups is 1. The van der Waals surface area contributed by atoms with Crippen LogP contribution >= 0.6 is 0 Å². The van der Waals surface area contributed by atoms with E-state index in [0.29, 0.717) is 11.8 Å². The van der Waals surface area contributed by atoms with Gasteiger partial charge in [0.15, 0.2) is 0 Å². The molecular formula is C15H20N4O. The molecule has 2 aromatic rings. The largest absolute Gasteiger partial charge is 0.439 e. The predicted octanol–water partition coefficient (Wildman–Crippen LogP) is 3.16. The van der Waals surface area contributed by atoms with Crippen LogP contribution in [-0.4, -0.2) is 9.97 Å². The van der Waals surface area contributed by atoms with Crippen LogP contribution in [0.4, 0.5) is 5.95 Å². The van der Waals surface area contributed by atoms with E-state index in [-0.39, 0.29) is 5.41 Å². The summed E-state index contributed by atoms with van der Waals surface area (Å²) in [5.41, 5.74) is 4.85. The maximum Gasteiger partial charge on any atom is 0.240 e. The van der Waals surface area contributed by atoms with E-state index in [4.69, 9.17) is 10.6 Å². The Morgan fingerprint density at radius 1 is 1.20 bits per heavy atom. The van der Waals surface area contributed by atoms with E-state index in [9.17, 15) is 0 Å². The molecule has 0 spiro atoms. The molecule has 5 heteroatoms. The number of rotatable bonds is 3. The first-order valence-corrected chi connectivity index (χ1v) is 6.49. The van der Waals surface area contributed by atoms with Gasteiger partial charge in [-0.25, -0.2) is 10.8 Å². The van der Waals surface area contributed by atoms with Crippen LogP contribution in [0.3, 0.4) is 0 Å². The summed E-state index contributed by atoms with van der Waals surface area (Å²) in [6, 6.07) is 7.87. The van der Waals surface area contributed by atoms with Crippen molar-refractivity contribution in [1.82, 2.24) is 9.97 Å². The molecule has 5 nitrogen and oxygen atoms in total. The van der Waals surface area contributed by atoms with Crippen molar-refractivity contribution in [3.63, 3.8) is 0 Å². The quantitative estimate of drug-likeness (QED) is 0.663. The van der Waals surface area contributed by atoms with Crippen molar-refractivity contribution in [2.24, 2.45) is 5.84 Å². The molecule has 0 atom stereocenters. The van der Waals surface area contributed by atoms with Gasteiger partial charge in [0.25, 0.3) is 0 Å². The van der Waals surface area contributed by atoms with Crippen LogP contribution in [0.1, 0.15) is 31.9 Å². The minimum atomic E-state index is 0.120. The number of nitrogen functional groups attached to an aromatic ring is 1. The number of anilines is 1. The van der Waals surface area contributed by atoms with Crippen LogP contribution in [0.15, 0.2) is 30.5 Å². The monoisotopic (exact) mass is 272 g/mol. The fourth-order valence-corrected chi connectivity index (χ4v) is 1.81. The molecule has 2 rings (SSSR count). The standard InChI is InChI=1S/C15H20N4O/c1-10-9-11(15(2,3)4)5-6-12(10)20-13-7-8-17-14(18-13)19-16/h5-9H,16H2,1-4H3,(H,17,18,19). The molecule has 3 N–H and O–H groups in total. The average molecular weight is 272 g/mol. The Balaban J connectivity index is 2.25. The molecule has 0 unspecified atom stereocenters. The highest BCUT2D eigenvalue weighted by atomic mass is 16.5. The fraction of sp³-hybridized carbons (Fsp3) is 0.333. The second kappa shape index (κ2) is 5.46. The lowest BCUT2D eigenvalue weighted by Crippen LogP contribution is -2.11. The summed E-state index contributed by atoms with van der Waals surface area (Å²) in [5.74, 6) is 6.84. The molecule has 0 radical (unpaired) electrons. The van der Waals surface area contributed by atoms with Gasteiger partial charge < -0.3 is 4.74 Å². The van der Waals surface area contributed by atoms with Crippen molar-refractivity contribution in [2.45, 2.75) is 33.1 Å². The summed E-state index contributed by atoms with van der Waals surface area (Å²) in [6.45, 7) is 8.58. The molecule has 0 aliphatic rings. The van der Waals surface area contributed by atoms with Crippen LogP contribution in [0.5, 0.6) is 11.6 Å². The molecule has 0 saturated heterocycles. The molecule has 0 aliphatic carbocycles. The van der Waals surface area contributed by atoms with Crippen LogP contribution < -0.4 is 16.0 Å². The highest BCUT2D eigenvalue weighted by Gasteiger charge is 2.15. The third-order valence-electron chi connectivity index (χ3n) is 3.01. The van der Waals surface area contributed by atoms with Crippen molar-refractivity contribution < 1.29 is 4.74 Å². The van der Waals surface area contributed by atoms with Crippen molar-refractivity contribution in [3.05, 3.63) is 41.6 Å². The number of ether oxygens (including phenoxy) is 1. The van der Waals surface area contributed by atoms with E-state index in [1.807, 2.05) is 13.0 Å². The third-order valence-corrected chi connectivity index (χ3v) is 3.01. The first-order valence-electron chi connectivity index (χ1n) is 6.49. The van der Waals surface area contributed by atoms with E-state index < -0.39 is 0 Å². The van der Waals surface area contributed by atoms with E-state index >= 15 is 0 Å². The van der Waals surface area contributed by atoms with Gasteiger partial charge in [0.1, 0.15) is 5.75 Å². The summed E-state index contributed by atoms with van der Waals surface area (Å²) < 4.78 is 5.77. The normalized spacial score (nSPS) is 11.2. The second-order valence-electron chi connectivity index (χ2n) is 5.70. The van der Waals surface area contributed by atoms with Crippen molar-refractivity contribution in [2.75, 3.05) is 5.43 Å². The molecule has 1 heterocycles. The van der Waals surface area contributed by atoms with Gasteiger partial charge in [0, 0.05) is 12.3 Å². The van der Waals surface area contributed by atoms with Gasteiger partial charge in [0.05, 0.1) is 0 Å². The van der Waals surface area contributed by atoms with E-state index in [2.05, 4.69) is 48.3 Å². The number of aromatic nitrogens is 2. The molecule has 1 aromatic heterocycles. The lowest BCUT2D eigenvalue weighted by molar-refractivity contribution is 0.458. The molecule has 0 amide bonds. The van der Waals surface area contributed by atoms with Crippen LogP contribution in [0, 0.1) is 6.92 Å². The second-order valence-corrected chi connectivity index (χ2v) is 5.70.